The fourth-order valence-corrected chi connectivity index (χ4v) is 4.38. The van der Waals surface area contributed by atoms with Gasteiger partial charge in [0.2, 0.25) is 0 Å². The van der Waals surface area contributed by atoms with Crippen molar-refractivity contribution in [1.29, 1.82) is 0 Å². The van der Waals surface area contributed by atoms with Crippen molar-refractivity contribution < 1.29 is 9.47 Å². The first-order valence-corrected chi connectivity index (χ1v) is 10.7. The lowest BCUT2D eigenvalue weighted by molar-refractivity contribution is 0.355. The van der Waals surface area contributed by atoms with Crippen LogP contribution >= 0.6 is 0 Å². The summed E-state index contributed by atoms with van der Waals surface area (Å²) in [6.07, 6.45) is 2.35. The second-order valence-electron chi connectivity index (χ2n) is 8.23. The normalized spacial score (nSPS) is 19.2. The van der Waals surface area contributed by atoms with E-state index in [2.05, 4.69) is 47.1 Å². The fourth-order valence-electron chi connectivity index (χ4n) is 4.38. The number of methoxy groups -OCH3 is 2. The molecule has 6 nitrogen and oxygen atoms in total. The van der Waals surface area contributed by atoms with Crippen molar-refractivity contribution in [3.05, 3.63) is 48.3 Å². The summed E-state index contributed by atoms with van der Waals surface area (Å²) < 4.78 is 11.1. The number of anilines is 2. The van der Waals surface area contributed by atoms with E-state index in [0.29, 0.717) is 23.5 Å². The SMILES string of the molecule is COc1cc2nc(C3CC3)nc(N3CCN(c4ccccc4)C(C)C3)c2cc1OC. The van der Waals surface area contributed by atoms with Crippen molar-refractivity contribution in [3.8, 4) is 11.5 Å². The lowest BCUT2D eigenvalue weighted by Gasteiger charge is -2.42. The second-order valence-corrected chi connectivity index (χ2v) is 8.23. The third-order valence-electron chi connectivity index (χ3n) is 6.16. The molecular weight excluding hydrogens is 376 g/mol. The van der Waals surface area contributed by atoms with Gasteiger partial charge in [-0.1, -0.05) is 18.2 Å². The number of fused-ring (bicyclic) bond motifs is 1. The Morgan fingerprint density at radius 2 is 1.67 bits per heavy atom. The maximum absolute atomic E-state index is 5.57. The topological polar surface area (TPSA) is 50.7 Å². The molecular formula is C24H28N4O2. The lowest BCUT2D eigenvalue weighted by atomic mass is 10.1. The molecule has 2 aromatic carbocycles. The molecule has 1 aromatic heterocycles. The zero-order valence-corrected chi connectivity index (χ0v) is 17.8. The van der Waals surface area contributed by atoms with Gasteiger partial charge in [-0.2, -0.15) is 0 Å². The van der Waals surface area contributed by atoms with Gasteiger partial charge in [0.25, 0.3) is 0 Å². The third kappa shape index (κ3) is 3.40. The molecule has 156 valence electrons. The van der Waals surface area contributed by atoms with E-state index in [1.807, 2.05) is 12.1 Å². The molecule has 30 heavy (non-hydrogen) atoms. The highest BCUT2D eigenvalue weighted by atomic mass is 16.5. The minimum absolute atomic E-state index is 0.385. The average molecular weight is 405 g/mol. The maximum Gasteiger partial charge on any atom is 0.162 e. The molecule has 0 spiro atoms. The van der Waals surface area contributed by atoms with Gasteiger partial charge in [-0.25, -0.2) is 9.97 Å². The van der Waals surface area contributed by atoms with Gasteiger partial charge in [-0.3, -0.25) is 0 Å². The molecule has 1 aliphatic heterocycles. The Morgan fingerprint density at radius 1 is 0.933 bits per heavy atom. The summed E-state index contributed by atoms with van der Waals surface area (Å²) in [6, 6.07) is 15.0. The van der Waals surface area contributed by atoms with Crippen LogP contribution in [-0.4, -0.2) is 49.9 Å². The van der Waals surface area contributed by atoms with E-state index >= 15 is 0 Å². The van der Waals surface area contributed by atoms with E-state index in [1.54, 1.807) is 14.2 Å². The van der Waals surface area contributed by atoms with Crippen molar-refractivity contribution in [3.63, 3.8) is 0 Å². The monoisotopic (exact) mass is 404 g/mol. The van der Waals surface area contributed by atoms with E-state index in [9.17, 15) is 0 Å². The summed E-state index contributed by atoms with van der Waals surface area (Å²) in [6.45, 7) is 5.08. The van der Waals surface area contributed by atoms with Crippen molar-refractivity contribution in [2.24, 2.45) is 0 Å². The van der Waals surface area contributed by atoms with Gasteiger partial charge in [0.15, 0.2) is 11.5 Å². The number of aromatic nitrogens is 2. The van der Waals surface area contributed by atoms with Crippen LogP contribution in [0.1, 0.15) is 31.5 Å². The van der Waals surface area contributed by atoms with Crippen molar-refractivity contribution in [2.45, 2.75) is 31.7 Å². The Morgan fingerprint density at radius 3 is 2.33 bits per heavy atom. The molecule has 0 bridgehead atoms. The number of para-hydroxylation sites is 1. The highest BCUT2D eigenvalue weighted by Crippen LogP contribution is 2.42. The Kier molecular flexibility index (Phi) is 4.85. The van der Waals surface area contributed by atoms with E-state index in [-0.39, 0.29) is 0 Å². The number of nitrogens with zero attached hydrogens (tertiary/aromatic N) is 4. The molecule has 2 aliphatic rings. The lowest BCUT2D eigenvalue weighted by Crippen LogP contribution is -2.52. The van der Waals surface area contributed by atoms with Crippen LogP contribution in [0.5, 0.6) is 11.5 Å². The first-order valence-electron chi connectivity index (χ1n) is 10.7. The number of rotatable bonds is 5. The summed E-state index contributed by atoms with van der Waals surface area (Å²) >= 11 is 0. The van der Waals surface area contributed by atoms with Crippen LogP contribution in [0.25, 0.3) is 10.9 Å². The van der Waals surface area contributed by atoms with Crippen LogP contribution in [0.2, 0.25) is 0 Å². The summed E-state index contributed by atoms with van der Waals surface area (Å²) in [5.74, 6) is 3.89. The van der Waals surface area contributed by atoms with Crippen LogP contribution < -0.4 is 19.3 Å². The van der Waals surface area contributed by atoms with Gasteiger partial charge >= 0.3 is 0 Å². The number of piperazine rings is 1. The molecule has 1 unspecified atom stereocenters. The van der Waals surface area contributed by atoms with Gasteiger partial charge in [0.05, 0.1) is 19.7 Å². The summed E-state index contributed by atoms with van der Waals surface area (Å²) in [4.78, 5) is 14.8. The minimum atomic E-state index is 0.385. The number of ether oxygens (including phenoxy) is 2. The standard InChI is InChI=1S/C24H28N4O2/c1-16-15-27(11-12-28(16)18-7-5-4-6-8-18)24-19-13-21(29-2)22(30-3)14-20(19)25-23(26-24)17-9-10-17/h4-8,13-14,16-17H,9-12,15H2,1-3H3. The fraction of sp³-hybridized carbons (Fsp3) is 0.417. The van der Waals surface area contributed by atoms with Gasteiger partial charge in [-0.15, -0.1) is 0 Å². The van der Waals surface area contributed by atoms with Gasteiger partial charge in [0, 0.05) is 48.7 Å². The van der Waals surface area contributed by atoms with E-state index in [4.69, 9.17) is 19.4 Å². The van der Waals surface area contributed by atoms with E-state index in [1.165, 1.54) is 18.5 Å². The molecule has 2 heterocycles. The molecule has 1 saturated heterocycles. The molecule has 2 fully saturated rings. The molecule has 0 radical (unpaired) electrons. The summed E-state index contributed by atoms with van der Waals surface area (Å²) in [7, 11) is 3.33. The second kappa shape index (κ2) is 7.67. The predicted octanol–water partition coefficient (Wildman–Crippen LogP) is 4.24. The average Bonchev–Trinajstić information content (AvgIpc) is 3.63. The summed E-state index contributed by atoms with van der Waals surface area (Å²) in [5.41, 5.74) is 2.21. The van der Waals surface area contributed by atoms with Crippen LogP contribution in [0.15, 0.2) is 42.5 Å². The van der Waals surface area contributed by atoms with Crippen LogP contribution in [0, 0.1) is 0 Å². The number of benzene rings is 2. The first-order chi connectivity index (χ1) is 14.7. The highest BCUT2D eigenvalue weighted by Gasteiger charge is 2.31. The molecule has 1 saturated carbocycles. The van der Waals surface area contributed by atoms with Crippen molar-refractivity contribution in [1.82, 2.24) is 9.97 Å². The molecule has 6 heteroatoms. The molecule has 1 atom stereocenters. The van der Waals surface area contributed by atoms with Gasteiger partial charge in [-0.05, 0) is 38.0 Å². The van der Waals surface area contributed by atoms with Crippen LogP contribution in [-0.2, 0) is 0 Å². The zero-order chi connectivity index (χ0) is 20.7. The number of hydrogen-bond acceptors (Lipinski definition) is 6. The third-order valence-corrected chi connectivity index (χ3v) is 6.16. The molecule has 0 amide bonds. The van der Waals surface area contributed by atoms with E-state index < -0.39 is 0 Å². The van der Waals surface area contributed by atoms with Gasteiger partial charge in [0.1, 0.15) is 11.6 Å². The zero-order valence-electron chi connectivity index (χ0n) is 17.8. The molecule has 5 rings (SSSR count). The smallest absolute Gasteiger partial charge is 0.162 e. The first kappa shape index (κ1) is 19.0. The minimum Gasteiger partial charge on any atom is -0.493 e. The quantitative estimate of drug-likeness (QED) is 0.634. The summed E-state index contributed by atoms with van der Waals surface area (Å²) in [5, 5.41) is 1.03. The van der Waals surface area contributed by atoms with Crippen LogP contribution in [0.4, 0.5) is 11.5 Å². The largest absolute Gasteiger partial charge is 0.493 e. The van der Waals surface area contributed by atoms with Crippen molar-refractivity contribution >= 4 is 22.4 Å². The molecule has 0 N–H and O–H groups in total. The Hall–Kier alpha value is -3.02. The Bertz CT molecular complexity index is 1050. The van der Waals surface area contributed by atoms with Crippen LogP contribution in [0.3, 0.4) is 0 Å². The molecule has 1 aliphatic carbocycles. The van der Waals surface area contributed by atoms with E-state index in [0.717, 1.165) is 42.2 Å². The highest BCUT2D eigenvalue weighted by molar-refractivity contribution is 5.92. The predicted molar refractivity (Wildman–Crippen MR) is 120 cm³/mol. The number of hydrogen-bond donors (Lipinski definition) is 0. The van der Waals surface area contributed by atoms with Crippen molar-refractivity contribution in [2.75, 3.05) is 43.7 Å². The maximum atomic E-state index is 5.57. The Labute approximate surface area is 177 Å². The Balaban J connectivity index is 1.53. The van der Waals surface area contributed by atoms with Gasteiger partial charge < -0.3 is 19.3 Å². The molecule has 3 aromatic rings.